The number of hydrogen-bond donors (Lipinski definition) is 1. The van der Waals surface area contributed by atoms with Gasteiger partial charge in [-0.2, -0.15) is 0 Å². The molecule has 1 aromatic carbocycles. The number of thiazole rings is 1. The summed E-state index contributed by atoms with van der Waals surface area (Å²) in [6.07, 6.45) is 3.22. The molecule has 0 aliphatic rings. The van der Waals surface area contributed by atoms with Gasteiger partial charge in [0.25, 0.3) is 11.8 Å². The summed E-state index contributed by atoms with van der Waals surface area (Å²) in [6, 6.07) is 5.33. The van der Waals surface area contributed by atoms with Crippen LogP contribution in [0.4, 0.5) is 9.52 Å². The van der Waals surface area contributed by atoms with Crippen LogP contribution in [0.2, 0.25) is 0 Å². The normalized spacial score (nSPS) is 10.0. The Kier molecular flexibility index (Phi) is 5.97. The van der Waals surface area contributed by atoms with Gasteiger partial charge in [-0.25, -0.2) is 9.37 Å². The Balaban J connectivity index is 2.09. The van der Waals surface area contributed by atoms with Crippen molar-refractivity contribution < 1.29 is 14.0 Å². The van der Waals surface area contributed by atoms with E-state index in [4.69, 9.17) is 0 Å². The molecule has 0 aliphatic heterocycles. The number of anilines is 1. The Bertz CT molecular complexity index is 763. The number of benzene rings is 1. The SMILES string of the molecule is C=CCN(CC=C)C(=O)c1csc(NC(=O)c2cccc(F)c2)n1. The molecule has 0 radical (unpaired) electrons. The van der Waals surface area contributed by atoms with Gasteiger partial charge in [-0.3, -0.25) is 14.9 Å². The molecule has 5 nitrogen and oxygen atoms in total. The highest BCUT2D eigenvalue weighted by molar-refractivity contribution is 7.14. The minimum absolute atomic E-state index is 0.179. The maximum atomic E-state index is 13.2. The summed E-state index contributed by atoms with van der Waals surface area (Å²) in [5, 5.41) is 4.38. The van der Waals surface area contributed by atoms with Gasteiger partial charge in [0.15, 0.2) is 5.13 Å². The van der Waals surface area contributed by atoms with E-state index in [2.05, 4.69) is 23.5 Å². The van der Waals surface area contributed by atoms with Crippen molar-refractivity contribution in [2.45, 2.75) is 0 Å². The molecule has 0 saturated carbocycles. The van der Waals surface area contributed by atoms with Crippen molar-refractivity contribution in [3.8, 4) is 0 Å². The third-order valence-electron chi connectivity index (χ3n) is 3.02. The maximum Gasteiger partial charge on any atom is 0.273 e. The summed E-state index contributed by atoms with van der Waals surface area (Å²) in [6.45, 7) is 7.96. The van der Waals surface area contributed by atoms with Crippen LogP contribution in [0.1, 0.15) is 20.8 Å². The number of carbonyl (C=O) groups excluding carboxylic acids is 2. The van der Waals surface area contributed by atoms with E-state index < -0.39 is 11.7 Å². The van der Waals surface area contributed by atoms with Gasteiger partial charge in [0.1, 0.15) is 11.5 Å². The first-order valence-electron chi connectivity index (χ1n) is 7.08. The van der Waals surface area contributed by atoms with Crippen LogP contribution >= 0.6 is 11.3 Å². The fraction of sp³-hybridized carbons (Fsp3) is 0.118. The quantitative estimate of drug-likeness (QED) is 0.783. The van der Waals surface area contributed by atoms with Crippen LogP contribution in [-0.2, 0) is 0 Å². The summed E-state index contributed by atoms with van der Waals surface area (Å²) >= 11 is 1.12. The molecule has 0 aliphatic carbocycles. The number of halogens is 1. The van der Waals surface area contributed by atoms with Gasteiger partial charge in [-0.1, -0.05) is 18.2 Å². The van der Waals surface area contributed by atoms with E-state index in [1.165, 1.54) is 23.1 Å². The Morgan fingerprint density at radius 1 is 1.29 bits per heavy atom. The van der Waals surface area contributed by atoms with Gasteiger partial charge in [-0.05, 0) is 18.2 Å². The van der Waals surface area contributed by atoms with Crippen LogP contribution in [0.15, 0.2) is 55.0 Å². The van der Waals surface area contributed by atoms with Gasteiger partial charge in [0.05, 0.1) is 0 Å². The van der Waals surface area contributed by atoms with Crippen molar-refractivity contribution in [2.75, 3.05) is 18.4 Å². The highest BCUT2D eigenvalue weighted by Gasteiger charge is 2.18. The topological polar surface area (TPSA) is 62.3 Å². The number of hydrogen-bond acceptors (Lipinski definition) is 4. The molecule has 0 saturated heterocycles. The smallest absolute Gasteiger partial charge is 0.273 e. The largest absolute Gasteiger partial charge is 0.330 e. The molecular formula is C17H16FN3O2S. The lowest BCUT2D eigenvalue weighted by Crippen LogP contribution is -2.31. The van der Waals surface area contributed by atoms with Gasteiger partial charge in [0, 0.05) is 24.0 Å². The maximum absolute atomic E-state index is 13.2. The Hall–Kier alpha value is -2.80. The van der Waals surface area contributed by atoms with Crippen molar-refractivity contribution in [2.24, 2.45) is 0 Å². The predicted molar refractivity (Wildman–Crippen MR) is 92.8 cm³/mol. The van der Waals surface area contributed by atoms with Crippen molar-refractivity contribution in [1.82, 2.24) is 9.88 Å². The van der Waals surface area contributed by atoms with E-state index in [0.717, 1.165) is 17.4 Å². The number of nitrogens with zero attached hydrogens (tertiary/aromatic N) is 2. The molecule has 2 aromatic rings. The zero-order chi connectivity index (χ0) is 17.5. The van der Waals surface area contributed by atoms with Crippen molar-refractivity contribution in [3.63, 3.8) is 0 Å². The Labute approximate surface area is 143 Å². The lowest BCUT2D eigenvalue weighted by atomic mass is 10.2. The molecule has 0 unspecified atom stereocenters. The van der Waals surface area contributed by atoms with Crippen LogP contribution in [0.5, 0.6) is 0 Å². The zero-order valence-electron chi connectivity index (χ0n) is 12.9. The fourth-order valence-corrected chi connectivity index (χ4v) is 2.62. The Morgan fingerprint density at radius 3 is 2.62 bits per heavy atom. The zero-order valence-corrected chi connectivity index (χ0v) is 13.7. The van der Waals surface area contributed by atoms with E-state index in [-0.39, 0.29) is 22.3 Å². The first-order chi connectivity index (χ1) is 11.5. The molecule has 24 heavy (non-hydrogen) atoms. The minimum Gasteiger partial charge on any atom is -0.330 e. The second-order valence-electron chi connectivity index (χ2n) is 4.79. The molecular weight excluding hydrogens is 329 g/mol. The van der Waals surface area contributed by atoms with E-state index in [1.54, 1.807) is 17.5 Å². The molecule has 0 spiro atoms. The van der Waals surface area contributed by atoms with Crippen LogP contribution in [-0.4, -0.2) is 34.8 Å². The first kappa shape index (κ1) is 17.6. The molecule has 0 bridgehead atoms. The molecule has 2 amide bonds. The van der Waals surface area contributed by atoms with Crippen LogP contribution in [0.25, 0.3) is 0 Å². The lowest BCUT2D eigenvalue weighted by molar-refractivity contribution is 0.0785. The molecule has 1 aromatic heterocycles. The first-order valence-corrected chi connectivity index (χ1v) is 7.96. The number of aromatic nitrogens is 1. The summed E-state index contributed by atoms with van der Waals surface area (Å²) in [7, 11) is 0. The summed E-state index contributed by atoms with van der Waals surface area (Å²) in [5.41, 5.74) is 0.399. The Morgan fingerprint density at radius 2 is 2.00 bits per heavy atom. The minimum atomic E-state index is -0.498. The number of nitrogens with one attached hydrogen (secondary N) is 1. The van der Waals surface area contributed by atoms with E-state index >= 15 is 0 Å². The van der Waals surface area contributed by atoms with Gasteiger partial charge in [0.2, 0.25) is 0 Å². The summed E-state index contributed by atoms with van der Waals surface area (Å²) in [5.74, 6) is -1.27. The monoisotopic (exact) mass is 345 g/mol. The van der Waals surface area contributed by atoms with Gasteiger partial charge in [-0.15, -0.1) is 24.5 Å². The lowest BCUT2D eigenvalue weighted by Gasteiger charge is -2.17. The van der Waals surface area contributed by atoms with Gasteiger partial charge < -0.3 is 4.90 Å². The average Bonchev–Trinajstić information content (AvgIpc) is 3.02. The standard InChI is InChI=1S/C17H16FN3O2S/c1-3-8-21(9-4-2)16(23)14-11-24-17(19-14)20-15(22)12-6-5-7-13(18)10-12/h3-7,10-11H,1-2,8-9H2,(H,19,20,22). The number of carbonyl (C=O) groups is 2. The summed E-state index contributed by atoms with van der Waals surface area (Å²) < 4.78 is 13.2. The van der Waals surface area contributed by atoms with E-state index in [9.17, 15) is 14.0 Å². The van der Waals surface area contributed by atoms with Crippen molar-refractivity contribution in [3.05, 3.63) is 72.0 Å². The van der Waals surface area contributed by atoms with Crippen LogP contribution < -0.4 is 5.32 Å². The fourth-order valence-electron chi connectivity index (χ4n) is 1.94. The number of amides is 2. The molecule has 1 N–H and O–H groups in total. The van der Waals surface area contributed by atoms with E-state index in [0.29, 0.717) is 13.1 Å². The van der Waals surface area contributed by atoms with Crippen LogP contribution in [0.3, 0.4) is 0 Å². The third kappa shape index (κ3) is 4.36. The number of rotatable bonds is 7. The average molecular weight is 345 g/mol. The van der Waals surface area contributed by atoms with Crippen LogP contribution in [0, 0.1) is 5.82 Å². The molecule has 1 heterocycles. The van der Waals surface area contributed by atoms with E-state index in [1.807, 2.05) is 0 Å². The molecule has 7 heteroatoms. The second-order valence-corrected chi connectivity index (χ2v) is 5.65. The molecule has 2 rings (SSSR count). The molecule has 0 fully saturated rings. The third-order valence-corrected chi connectivity index (χ3v) is 3.77. The molecule has 0 atom stereocenters. The summed E-state index contributed by atoms with van der Waals surface area (Å²) in [4.78, 5) is 30.0. The van der Waals surface area contributed by atoms with Crippen molar-refractivity contribution >= 4 is 28.3 Å². The molecule has 124 valence electrons. The highest BCUT2D eigenvalue weighted by atomic mass is 32.1. The van der Waals surface area contributed by atoms with Crippen molar-refractivity contribution in [1.29, 1.82) is 0 Å². The predicted octanol–water partition coefficient (Wildman–Crippen LogP) is 3.35. The van der Waals surface area contributed by atoms with Gasteiger partial charge >= 0.3 is 0 Å². The highest BCUT2D eigenvalue weighted by Crippen LogP contribution is 2.18. The second kappa shape index (κ2) is 8.16.